The molecule has 0 N–H and O–H groups in total. The minimum atomic E-state index is 0.137. The Morgan fingerprint density at radius 3 is 1.98 bits per heavy atom. The van der Waals surface area contributed by atoms with Crippen LogP contribution >= 0.6 is 34.4 Å². The first-order chi connectivity index (χ1) is 24.6. The Labute approximate surface area is 300 Å². The molecule has 0 saturated carbocycles. The van der Waals surface area contributed by atoms with Crippen molar-refractivity contribution in [2.24, 2.45) is 0 Å². The molecule has 2 aliphatic heterocycles. The van der Waals surface area contributed by atoms with Crippen molar-refractivity contribution >= 4 is 120 Å². The van der Waals surface area contributed by atoms with Crippen LogP contribution in [0.2, 0.25) is 0 Å². The highest BCUT2D eigenvalue weighted by Gasteiger charge is 2.40. The average Bonchev–Trinajstić information content (AvgIpc) is 3.81. The summed E-state index contributed by atoms with van der Waals surface area (Å²) in [6, 6.07) is 45.3. The maximum atomic E-state index is 6.92. The number of fused-ring (bicyclic) bond motifs is 16. The van der Waals surface area contributed by atoms with Gasteiger partial charge in [-0.2, -0.15) is 0 Å². The zero-order valence-electron chi connectivity index (χ0n) is 27.2. The van der Waals surface area contributed by atoms with Crippen LogP contribution in [0.25, 0.3) is 67.8 Å². The molecule has 2 aliphatic rings. The smallest absolute Gasteiger partial charge is 0.253 e. The predicted octanol–water partition coefficient (Wildman–Crippen LogP) is 11.2. The molecule has 0 fully saturated rings. The van der Waals surface area contributed by atoms with Crippen molar-refractivity contribution in [3.05, 3.63) is 132 Å². The molecular weight excluding hydrogens is 666 g/mol. The van der Waals surface area contributed by atoms with Gasteiger partial charge in [-0.1, -0.05) is 107 Å². The van der Waals surface area contributed by atoms with E-state index in [-0.39, 0.29) is 6.71 Å². The summed E-state index contributed by atoms with van der Waals surface area (Å²) in [6.45, 7) is 4.52. The Kier molecular flexibility index (Phi) is 5.46. The number of hydrogen-bond acceptors (Lipinski definition) is 4. The highest BCUT2D eigenvalue weighted by atomic mass is 32.2. The Morgan fingerprint density at radius 2 is 1.20 bits per heavy atom. The van der Waals surface area contributed by atoms with E-state index >= 15 is 0 Å². The number of aromatic nitrogens is 1. The van der Waals surface area contributed by atoms with Gasteiger partial charge >= 0.3 is 0 Å². The number of benzene rings is 7. The monoisotopic (exact) mass is 691 g/mol. The highest BCUT2D eigenvalue weighted by molar-refractivity contribution is 8.00. The topological polar surface area (TPSA) is 14.2 Å². The van der Waals surface area contributed by atoms with Gasteiger partial charge in [0.1, 0.15) is 11.5 Å². The van der Waals surface area contributed by atoms with E-state index < -0.39 is 0 Å². The lowest BCUT2D eigenvalue weighted by atomic mass is 9.35. The molecule has 7 aromatic carbocycles. The van der Waals surface area contributed by atoms with E-state index in [9.17, 15) is 0 Å². The second-order valence-electron chi connectivity index (χ2n) is 13.8. The van der Waals surface area contributed by atoms with Crippen molar-refractivity contribution < 1.29 is 4.74 Å². The van der Waals surface area contributed by atoms with Crippen LogP contribution in [-0.2, 0) is 0 Å². The largest absolute Gasteiger partial charge is 0.458 e. The zero-order valence-corrected chi connectivity index (χ0v) is 29.7. The summed E-state index contributed by atoms with van der Waals surface area (Å²) in [5.41, 5.74) is 10.1. The molecular formula is C44H26BNOS3. The van der Waals surface area contributed by atoms with Gasteiger partial charge in [0, 0.05) is 67.0 Å². The third-order valence-electron chi connectivity index (χ3n) is 10.8. The van der Waals surface area contributed by atoms with Gasteiger partial charge in [0.2, 0.25) is 0 Å². The number of rotatable bonds is 1. The van der Waals surface area contributed by atoms with E-state index in [1.54, 1.807) is 0 Å². The van der Waals surface area contributed by atoms with E-state index in [2.05, 4.69) is 140 Å². The molecule has 0 saturated heterocycles. The first-order valence-electron chi connectivity index (χ1n) is 17.0. The number of aryl methyl sites for hydroxylation is 2. The summed E-state index contributed by atoms with van der Waals surface area (Å²) in [5.74, 6) is 1.91. The molecule has 0 spiro atoms. The summed E-state index contributed by atoms with van der Waals surface area (Å²) in [5, 5.41) is 8.02. The van der Waals surface area contributed by atoms with Crippen molar-refractivity contribution in [3.63, 3.8) is 0 Å². The van der Waals surface area contributed by atoms with Crippen LogP contribution in [0.5, 0.6) is 11.5 Å². The molecule has 0 bridgehead atoms. The van der Waals surface area contributed by atoms with E-state index in [0.717, 1.165) is 17.2 Å². The molecule has 10 aromatic rings. The predicted molar refractivity (Wildman–Crippen MR) is 218 cm³/mol. The summed E-state index contributed by atoms with van der Waals surface area (Å²) in [4.78, 5) is 2.59. The van der Waals surface area contributed by atoms with Crippen LogP contribution in [0.3, 0.4) is 0 Å². The molecule has 50 heavy (non-hydrogen) atoms. The lowest BCUT2D eigenvalue weighted by molar-refractivity contribution is 0.486. The molecule has 2 nitrogen and oxygen atoms in total. The second kappa shape index (κ2) is 9.82. The molecule has 0 unspecified atom stereocenters. The number of para-hydroxylation sites is 1. The van der Waals surface area contributed by atoms with E-state index in [0.29, 0.717) is 0 Å². The van der Waals surface area contributed by atoms with E-state index in [1.807, 2.05) is 34.4 Å². The fraction of sp³-hybridized carbons (Fsp3) is 0.0455. The van der Waals surface area contributed by atoms with Crippen molar-refractivity contribution in [2.75, 3.05) is 0 Å². The van der Waals surface area contributed by atoms with Crippen LogP contribution in [0.15, 0.2) is 131 Å². The summed E-state index contributed by atoms with van der Waals surface area (Å²) >= 11 is 5.74. The van der Waals surface area contributed by atoms with Gasteiger partial charge in [-0.15, -0.1) is 22.7 Å². The Bertz CT molecular complexity index is 3040. The van der Waals surface area contributed by atoms with Crippen molar-refractivity contribution in [3.8, 4) is 17.2 Å². The molecule has 0 radical (unpaired) electrons. The fourth-order valence-electron chi connectivity index (χ4n) is 8.74. The van der Waals surface area contributed by atoms with Crippen molar-refractivity contribution in [2.45, 2.75) is 23.6 Å². The van der Waals surface area contributed by atoms with Crippen LogP contribution in [0, 0.1) is 13.8 Å². The number of hydrogen-bond donors (Lipinski definition) is 0. The maximum Gasteiger partial charge on any atom is 0.253 e. The van der Waals surface area contributed by atoms with Gasteiger partial charge in [0.15, 0.2) is 0 Å². The third kappa shape index (κ3) is 3.56. The SMILES string of the molecule is Cc1ccc2c(c1)B1c3cc(C)ccc3Sc3cc(-n4c5ccccc5c5c6sc7ccccc7c6c6sc7ccccc7c6c54)cc(c31)O2. The van der Waals surface area contributed by atoms with Crippen LogP contribution in [0.4, 0.5) is 0 Å². The van der Waals surface area contributed by atoms with Gasteiger partial charge in [-0.3, -0.25) is 0 Å². The minimum absolute atomic E-state index is 0.137. The van der Waals surface area contributed by atoms with Gasteiger partial charge in [-0.25, -0.2) is 0 Å². The van der Waals surface area contributed by atoms with Crippen LogP contribution in [0.1, 0.15) is 11.1 Å². The Hall–Kier alpha value is -5.01. The molecule has 5 heterocycles. The fourth-order valence-corrected chi connectivity index (χ4v) is 12.5. The molecule has 6 heteroatoms. The van der Waals surface area contributed by atoms with Gasteiger partial charge in [-0.05, 0) is 61.2 Å². The lowest BCUT2D eigenvalue weighted by Crippen LogP contribution is -2.57. The van der Waals surface area contributed by atoms with Crippen molar-refractivity contribution in [1.82, 2.24) is 4.57 Å². The summed E-state index contributed by atoms with van der Waals surface area (Å²) < 4.78 is 14.9. The van der Waals surface area contributed by atoms with E-state index in [1.165, 1.54) is 99.5 Å². The standard InChI is InChI=1S/C44H26BNOS3/c1-23-15-17-32-29(19-23)45-30-20-24(2)16-18-36(30)48-37-22-25(21-33(47-32)41(37)45)46-31-12-6-3-9-26(31)38-42(46)39-27-10-4-7-13-34(27)49-44(39)40-28-11-5-8-14-35(28)50-43(38)40/h3-22H,1-2H3. The van der Waals surface area contributed by atoms with Crippen molar-refractivity contribution in [1.29, 1.82) is 0 Å². The van der Waals surface area contributed by atoms with Crippen LogP contribution in [-0.4, -0.2) is 11.3 Å². The number of thiophene rings is 2. The maximum absolute atomic E-state index is 6.92. The molecule has 234 valence electrons. The molecule has 0 atom stereocenters. The third-order valence-corrected chi connectivity index (χ3v) is 14.3. The molecule has 12 rings (SSSR count). The highest BCUT2D eigenvalue weighted by Crippen LogP contribution is 2.52. The zero-order chi connectivity index (χ0) is 32.8. The second-order valence-corrected chi connectivity index (χ2v) is 16.9. The molecule has 0 aliphatic carbocycles. The van der Waals surface area contributed by atoms with Gasteiger partial charge in [0.25, 0.3) is 6.71 Å². The van der Waals surface area contributed by atoms with Gasteiger partial charge in [0.05, 0.1) is 16.7 Å². The Morgan fingerprint density at radius 1 is 0.560 bits per heavy atom. The quantitative estimate of drug-likeness (QED) is 0.159. The number of ether oxygens (including phenoxy) is 1. The first-order valence-corrected chi connectivity index (χ1v) is 19.5. The first kappa shape index (κ1) is 27.8. The minimum Gasteiger partial charge on any atom is -0.458 e. The summed E-state index contributed by atoms with van der Waals surface area (Å²) in [7, 11) is 0. The normalized spacial score (nSPS) is 13.4. The van der Waals surface area contributed by atoms with E-state index in [4.69, 9.17) is 4.74 Å². The lowest BCUT2D eigenvalue weighted by Gasteiger charge is -2.33. The number of nitrogens with zero attached hydrogens (tertiary/aromatic N) is 1. The van der Waals surface area contributed by atoms with Gasteiger partial charge < -0.3 is 9.30 Å². The van der Waals surface area contributed by atoms with Crippen LogP contribution < -0.4 is 21.1 Å². The Balaban J connectivity index is 1.25. The molecule has 3 aromatic heterocycles. The molecule has 0 amide bonds. The summed E-state index contributed by atoms with van der Waals surface area (Å²) in [6.07, 6.45) is 0. The average molecular weight is 692 g/mol.